The van der Waals surface area contributed by atoms with Crippen molar-refractivity contribution in [2.45, 2.75) is 45.7 Å². The summed E-state index contributed by atoms with van der Waals surface area (Å²) in [6, 6.07) is 0.717. The van der Waals surface area contributed by atoms with Gasteiger partial charge in [0.05, 0.1) is 5.69 Å². The number of rotatable bonds is 7. The maximum absolute atomic E-state index is 4.90. The minimum absolute atomic E-state index is 0.717. The van der Waals surface area contributed by atoms with Crippen molar-refractivity contribution in [1.29, 1.82) is 0 Å². The predicted octanol–water partition coefficient (Wildman–Crippen LogP) is 3.13. The van der Waals surface area contributed by atoms with Crippen molar-refractivity contribution >= 4 is 22.1 Å². The van der Waals surface area contributed by atoms with E-state index < -0.39 is 0 Å². The predicted molar refractivity (Wildman–Crippen MR) is 85.7 cm³/mol. The van der Waals surface area contributed by atoms with E-state index in [0.717, 1.165) is 24.0 Å². The molecule has 3 rings (SSSR count). The molecule has 0 aromatic carbocycles. The molecule has 4 nitrogen and oxygen atoms in total. The minimum Gasteiger partial charge on any atom is -0.352 e. The van der Waals surface area contributed by atoms with Crippen LogP contribution in [0.1, 0.15) is 38.8 Å². The summed E-state index contributed by atoms with van der Waals surface area (Å²) in [5, 5.41) is 5.40. The molecule has 0 amide bonds. The van der Waals surface area contributed by atoms with E-state index in [1.807, 2.05) is 7.05 Å². The Kier molecular flexibility index (Phi) is 3.98. The van der Waals surface area contributed by atoms with Gasteiger partial charge in [0.2, 0.25) is 0 Å². The third kappa shape index (κ3) is 2.69. The van der Waals surface area contributed by atoms with Gasteiger partial charge < -0.3 is 10.2 Å². The fraction of sp³-hybridized carbons (Fsp3) is 0.667. The summed E-state index contributed by atoms with van der Waals surface area (Å²) in [6.45, 7) is 6.60. The van der Waals surface area contributed by atoms with Crippen LogP contribution in [0.5, 0.6) is 0 Å². The van der Waals surface area contributed by atoms with Gasteiger partial charge in [-0.2, -0.15) is 0 Å². The van der Waals surface area contributed by atoms with Crippen LogP contribution in [0.4, 0.5) is 5.82 Å². The first-order valence-electron chi connectivity index (χ1n) is 7.56. The topological polar surface area (TPSA) is 32.6 Å². The lowest BCUT2D eigenvalue weighted by atomic mass is 10.1. The van der Waals surface area contributed by atoms with Crippen LogP contribution in [0.2, 0.25) is 0 Å². The molecular weight excluding hydrogens is 268 g/mol. The van der Waals surface area contributed by atoms with Gasteiger partial charge >= 0.3 is 0 Å². The van der Waals surface area contributed by atoms with Gasteiger partial charge in [0, 0.05) is 30.7 Å². The quantitative estimate of drug-likeness (QED) is 0.851. The minimum atomic E-state index is 0.717. The number of fused-ring (bicyclic) bond motifs is 1. The Morgan fingerprint density at radius 3 is 2.95 bits per heavy atom. The summed E-state index contributed by atoms with van der Waals surface area (Å²) in [4.78, 5) is 8.56. The van der Waals surface area contributed by atoms with Crippen LogP contribution in [-0.2, 0) is 6.54 Å². The zero-order valence-corrected chi connectivity index (χ0v) is 13.4. The largest absolute Gasteiger partial charge is 0.352 e. The smallest absolute Gasteiger partial charge is 0.195 e. The zero-order valence-electron chi connectivity index (χ0n) is 12.6. The number of nitrogens with one attached hydrogen (secondary N) is 1. The number of thiazole rings is 1. The van der Waals surface area contributed by atoms with Crippen LogP contribution in [0.15, 0.2) is 11.6 Å². The molecule has 1 saturated carbocycles. The summed E-state index contributed by atoms with van der Waals surface area (Å²) >= 11 is 1.72. The Balaban J connectivity index is 1.92. The van der Waals surface area contributed by atoms with Gasteiger partial charge in [-0.15, -0.1) is 11.3 Å². The lowest BCUT2D eigenvalue weighted by molar-refractivity contribution is 0.567. The highest BCUT2D eigenvalue weighted by Gasteiger charge is 2.32. The molecule has 1 aliphatic rings. The number of aromatic nitrogens is 2. The van der Waals surface area contributed by atoms with Gasteiger partial charge in [-0.3, -0.25) is 4.40 Å². The normalized spacial score (nSPS) is 15.4. The first kappa shape index (κ1) is 13.9. The van der Waals surface area contributed by atoms with Crippen LogP contribution >= 0.6 is 11.3 Å². The van der Waals surface area contributed by atoms with Crippen molar-refractivity contribution in [3.8, 4) is 0 Å². The highest BCUT2D eigenvalue weighted by Crippen LogP contribution is 2.34. The second-order valence-corrected chi connectivity index (χ2v) is 6.95. The second kappa shape index (κ2) is 5.74. The molecule has 1 aliphatic carbocycles. The number of anilines is 1. The molecule has 0 atom stereocenters. The average Bonchev–Trinajstić information content (AvgIpc) is 3.04. The number of hydrogen-bond donors (Lipinski definition) is 1. The van der Waals surface area contributed by atoms with Gasteiger partial charge in [-0.25, -0.2) is 4.98 Å². The molecule has 2 heterocycles. The van der Waals surface area contributed by atoms with Gasteiger partial charge in [-0.1, -0.05) is 13.8 Å². The average molecular weight is 292 g/mol. The van der Waals surface area contributed by atoms with Crippen LogP contribution in [0.3, 0.4) is 0 Å². The van der Waals surface area contributed by atoms with Crippen molar-refractivity contribution in [3.63, 3.8) is 0 Å². The molecule has 110 valence electrons. The Morgan fingerprint density at radius 1 is 1.50 bits per heavy atom. The molecule has 0 unspecified atom stereocenters. The molecule has 5 heteroatoms. The van der Waals surface area contributed by atoms with E-state index in [4.69, 9.17) is 4.98 Å². The zero-order chi connectivity index (χ0) is 14.1. The Labute approximate surface area is 124 Å². The molecule has 0 bridgehead atoms. The summed E-state index contributed by atoms with van der Waals surface area (Å²) in [7, 11) is 2.01. The maximum Gasteiger partial charge on any atom is 0.195 e. The number of imidazole rings is 1. The van der Waals surface area contributed by atoms with Crippen molar-refractivity contribution in [3.05, 3.63) is 17.3 Å². The monoisotopic (exact) mass is 292 g/mol. The van der Waals surface area contributed by atoms with Crippen LogP contribution < -0.4 is 10.2 Å². The SMILES string of the molecule is CNCc1c(N(CCC(C)C)C2CC2)nc2sccn12. The van der Waals surface area contributed by atoms with Crippen molar-refractivity contribution in [2.24, 2.45) is 5.92 Å². The highest BCUT2D eigenvalue weighted by molar-refractivity contribution is 7.15. The maximum atomic E-state index is 4.90. The number of nitrogens with zero attached hydrogens (tertiary/aromatic N) is 3. The molecule has 2 aromatic heterocycles. The van der Waals surface area contributed by atoms with Crippen LogP contribution in [-0.4, -0.2) is 29.0 Å². The number of hydrogen-bond acceptors (Lipinski definition) is 4. The molecule has 20 heavy (non-hydrogen) atoms. The Morgan fingerprint density at radius 2 is 2.30 bits per heavy atom. The van der Waals surface area contributed by atoms with Crippen LogP contribution in [0.25, 0.3) is 4.96 Å². The first-order chi connectivity index (χ1) is 9.70. The van der Waals surface area contributed by atoms with E-state index in [1.54, 1.807) is 11.3 Å². The summed E-state index contributed by atoms with van der Waals surface area (Å²) < 4.78 is 2.24. The van der Waals surface area contributed by atoms with E-state index >= 15 is 0 Å². The lowest BCUT2D eigenvalue weighted by Crippen LogP contribution is -2.29. The fourth-order valence-corrected chi connectivity index (χ4v) is 3.36. The molecule has 0 spiro atoms. The highest BCUT2D eigenvalue weighted by atomic mass is 32.1. The first-order valence-corrected chi connectivity index (χ1v) is 8.44. The summed E-state index contributed by atoms with van der Waals surface area (Å²) in [6.07, 6.45) is 6.02. The van der Waals surface area contributed by atoms with E-state index in [-0.39, 0.29) is 0 Å². The third-order valence-electron chi connectivity index (χ3n) is 3.89. The third-order valence-corrected chi connectivity index (χ3v) is 4.65. The fourth-order valence-electron chi connectivity index (χ4n) is 2.63. The van der Waals surface area contributed by atoms with Gasteiger partial charge in [0.1, 0.15) is 0 Å². The van der Waals surface area contributed by atoms with Crippen molar-refractivity contribution in [1.82, 2.24) is 14.7 Å². The van der Waals surface area contributed by atoms with Gasteiger partial charge in [0.25, 0.3) is 0 Å². The van der Waals surface area contributed by atoms with E-state index in [0.29, 0.717) is 6.04 Å². The standard InChI is InChI=1S/C15H24N4S/c1-11(2)6-7-18(12-4-5-12)14-13(10-16-3)19-8-9-20-15(19)17-14/h8-9,11-12,16H,4-7,10H2,1-3H3. The molecule has 0 saturated heterocycles. The molecule has 1 N–H and O–H groups in total. The molecule has 1 fully saturated rings. The molecular formula is C15H24N4S. The summed E-state index contributed by atoms with van der Waals surface area (Å²) in [5.74, 6) is 1.95. The lowest BCUT2D eigenvalue weighted by Gasteiger charge is -2.24. The van der Waals surface area contributed by atoms with E-state index in [2.05, 4.69) is 40.0 Å². The molecule has 0 radical (unpaired) electrons. The van der Waals surface area contributed by atoms with Crippen molar-refractivity contribution in [2.75, 3.05) is 18.5 Å². The Bertz CT molecular complexity index is 567. The van der Waals surface area contributed by atoms with Gasteiger partial charge in [0.15, 0.2) is 10.8 Å². The summed E-state index contributed by atoms with van der Waals surface area (Å²) in [5.41, 5.74) is 1.31. The van der Waals surface area contributed by atoms with Crippen LogP contribution in [0, 0.1) is 5.92 Å². The Hall–Kier alpha value is -1.07. The van der Waals surface area contributed by atoms with Gasteiger partial charge in [-0.05, 0) is 32.2 Å². The second-order valence-electron chi connectivity index (χ2n) is 6.08. The van der Waals surface area contributed by atoms with Crippen molar-refractivity contribution < 1.29 is 0 Å². The molecule has 2 aromatic rings. The molecule has 0 aliphatic heterocycles. The van der Waals surface area contributed by atoms with E-state index in [9.17, 15) is 0 Å². The van der Waals surface area contributed by atoms with E-state index in [1.165, 1.54) is 30.8 Å².